The summed E-state index contributed by atoms with van der Waals surface area (Å²) in [6.45, 7) is 4.00. The van der Waals surface area contributed by atoms with Crippen LogP contribution in [0.3, 0.4) is 0 Å². The second-order valence-electron chi connectivity index (χ2n) is 6.88. The largest absolute Gasteiger partial charge is 0.289 e. The topological polar surface area (TPSA) is 70.1 Å². The van der Waals surface area contributed by atoms with Gasteiger partial charge in [-0.15, -0.1) is 0 Å². The molecule has 0 spiro atoms. The zero-order valence-corrected chi connectivity index (χ0v) is 16.4. The van der Waals surface area contributed by atoms with Crippen LogP contribution in [0.4, 0.5) is 0 Å². The minimum Gasteiger partial charge on any atom is -0.272 e. The van der Waals surface area contributed by atoms with Crippen molar-refractivity contribution in [1.29, 1.82) is 0 Å². The van der Waals surface area contributed by atoms with Crippen LogP contribution in [0.15, 0.2) is 77.9 Å². The number of hydrazone groups is 1. The molecule has 5 nitrogen and oxygen atoms in total. The minimum absolute atomic E-state index is 0.325. The number of carbonyl (C=O) groups is 1. The van der Waals surface area contributed by atoms with E-state index in [-0.39, 0.29) is 5.91 Å². The lowest BCUT2D eigenvalue weighted by Crippen LogP contribution is -2.19. The van der Waals surface area contributed by atoms with E-state index in [1.807, 2.05) is 43.3 Å². The average molecular weight is 382 g/mol. The van der Waals surface area contributed by atoms with Gasteiger partial charge in [-0.1, -0.05) is 73.7 Å². The van der Waals surface area contributed by atoms with E-state index in [1.54, 1.807) is 6.07 Å². The molecule has 0 bridgehead atoms. The Hall–Kier alpha value is -3.73. The van der Waals surface area contributed by atoms with Crippen molar-refractivity contribution in [2.75, 3.05) is 0 Å². The number of aromatic amines is 1. The highest BCUT2D eigenvalue weighted by molar-refractivity contribution is 6.10. The average Bonchev–Trinajstić information content (AvgIpc) is 3.27. The van der Waals surface area contributed by atoms with E-state index in [0.29, 0.717) is 5.69 Å². The third-order valence-corrected chi connectivity index (χ3v) is 4.99. The number of nitrogens with zero attached hydrogens (tertiary/aromatic N) is 2. The summed E-state index contributed by atoms with van der Waals surface area (Å²) in [4.78, 5) is 12.5. The van der Waals surface area contributed by atoms with Crippen LogP contribution < -0.4 is 5.43 Å². The van der Waals surface area contributed by atoms with Crippen molar-refractivity contribution in [3.8, 4) is 11.3 Å². The zero-order chi connectivity index (χ0) is 20.2. The summed E-state index contributed by atoms with van der Waals surface area (Å²) >= 11 is 0. The zero-order valence-electron chi connectivity index (χ0n) is 16.4. The monoisotopic (exact) mass is 382 g/mol. The Kier molecular flexibility index (Phi) is 5.20. The molecule has 0 radical (unpaired) electrons. The van der Waals surface area contributed by atoms with Crippen molar-refractivity contribution in [2.45, 2.75) is 20.3 Å². The fourth-order valence-corrected chi connectivity index (χ4v) is 3.29. The number of fused-ring (bicyclic) bond motifs is 1. The number of aryl methyl sites for hydroxylation is 1. The number of rotatable bonds is 5. The highest BCUT2D eigenvalue weighted by Gasteiger charge is 2.11. The molecule has 0 saturated carbocycles. The van der Waals surface area contributed by atoms with Crippen molar-refractivity contribution in [3.63, 3.8) is 0 Å². The number of hydrogen-bond donors (Lipinski definition) is 2. The van der Waals surface area contributed by atoms with E-state index in [1.165, 1.54) is 5.56 Å². The second-order valence-corrected chi connectivity index (χ2v) is 6.88. The number of aromatic nitrogens is 2. The predicted octanol–water partition coefficient (Wildman–Crippen LogP) is 4.95. The summed E-state index contributed by atoms with van der Waals surface area (Å²) in [7, 11) is 0. The van der Waals surface area contributed by atoms with Gasteiger partial charge >= 0.3 is 0 Å². The van der Waals surface area contributed by atoms with Gasteiger partial charge in [-0.05, 0) is 35.7 Å². The lowest BCUT2D eigenvalue weighted by molar-refractivity contribution is 0.0950. The fraction of sp³-hybridized carbons (Fsp3) is 0.125. The molecule has 1 heterocycles. The van der Waals surface area contributed by atoms with Gasteiger partial charge in [0.25, 0.3) is 5.91 Å². The Morgan fingerprint density at radius 3 is 2.59 bits per heavy atom. The van der Waals surface area contributed by atoms with Crippen LogP contribution in [-0.2, 0) is 6.42 Å². The van der Waals surface area contributed by atoms with Crippen LogP contribution >= 0.6 is 0 Å². The molecule has 5 heteroatoms. The maximum Gasteiger partial charge on any atom is 0.289 e. The molecule has 4 aromatic rings. The first-order valence-corrected chi connectivity index (χ1v) is 9.63. The quantitative estimate of drug-likeness (QED) is 0.379. The van der Waals surface area contributed by atoms with Crippen LogP contribution in [0, 0.1) is 0 Å². The molecule has 0 aliphatic rings. The summed E-state index contributed by atoms with van der Waals surface area (Å²) < 4.78 is 0. The molecule has 2 N–H and O–H groups in total. The first kappa shape index (κ1) is 18.6. The van der Waals surface area contributed by atoms with Gasteiger partial charge in [0, 0.05) is 11.1 Å². The molecular formula is C24H22N4O. The molecule has 0 atom stereocenters. The molecule has 0 saturated heterocycles. The van der Waals surface area contributed by atoms with Crippen LogP contribution in [0.1, 0.15) is 35.5 Å². The van der Waals surface area contributed by atoms with Crippen LogP contribution in [0.5, 0.6) is 0 Å². The van der Waals surface area contributed by atoms with E-state index in [2.05, 4.69) is 58.0 Å². The molecule has 0 fully saturated rings. The summed E-state index contributed by atoms with van der Waals surface area (Å²) in [5.74, 6) is -0.325. The first-order valence-electron chi connectivity index (χ1n) is 9.63. The summed E-state index contributed by atoms with van der Waals surface area (Å²) in [6.07, 6.45) is 0.989. The van der Waals surface area contributed by atoms with Gasteiger partial charge in [0.2, 0.25) is 0 Å². The van der Waals surface area contributed by atoms with Gasteiger partial charge < -0.3 is 0 Å². The number of hydrogen-bond acceptors (Lipinski definition) is 3. The number of carbonyl (C=O) groups excluding carboxylic acids is 1. The lowest BCUT2D eigenvalue weighted by atomic mass is 10.0. The number of nitrogens with one attached hydrogen (secondary N) is 2. The van der Waals surface area contributed by atoms with Gasteiger partial charge in [0.05, 0.1) is 11.4 Å². The number of amides is 1. The molecule has 29 heavy (non-hydrogen) atoms. The van der Waals surface area contributed by atoms with Crippen molar-refractivity contribution in [2.24, 2.45) is 5.10 Å². The van der Waals surface area contributed by atoms with E-state index in [0.717, 1.165) is 39.7 Å². The first-order chi connectivity index (χ1) is 14.2. The van der Waals surface area contributed by atoms with Crippen LogP contribution in [-0.4, -0.2) is 21.8 Å². The Balaban J connectivity index is 1.51. The number of benzene rings is 3. The van der Waals surface area contributed by atoms with Crippen LogP contribution in [0.2, 0.25) is 0 Å². The molecule has 0 aliphatic heterocycles. The van der Waals surface area contributed by atoms with Crippen molar-refractivity contribution < 1.29 is 4.79 Å². The Morgan fingerprint density at radius 2 is 1.79 bits per heavy atom. The Morgan fingerprint density at radius 1 is 1.03 bits per heavy atom. The maximum atomic E-state index is 12.5. The molecular weight excluding hydrogens is 360 g/mol. The van der Waals surface area contributed by atoms with Gasteiger partial charge in [0.1, 0.15) is 5.69 Å². The summed E-state index contributed by atoms with van der Waals surface area (Å²) in [5.41, 5.74) is 7.68. The van der Waals surface area contributed by atoms with Crippen molar-refractivity contribution >= 4 is 22.4 Å². The molecule has 1 amide bonds. The smallest absolute Gasteiger partial charge is 0.272 e. The van der Waals surface area contributed by atoms with E-state index < -0.39 is 0 Å². The second kappa shape index (κ2) is 8.10. The highest BCUT2D eigenvalue weighted by Crippen LogP contribution is 2.20. The van der Waals surface area contributed by atoms with Gasteiger partial charge in [-0.3, -0.25) is 9.89 Å². The van der Waals surface area contributed by atoms with E-state index in [9.17, 15) is 4.79 Å². The normalized spacial score (nSPS) is 11.6. The van der Waals surface area contributed by atoms with Gasteiger partial charge in [-0.25, -0.2) is 5.43 Å². The van der Waals surface area contributed by atoms with Crippen molar-refractivity contribution in [1.82, 2.24) is 15.6 Å². The number of H-pyrrole nitrogens is 1. The van der Waals surface area contributed by atoms with Crippen LogP contribution in [0.25, 0.3) is 22.0 Å². The minimum atomic E-state index is -0.325. The van der Waals surface area contributed by atoms with Gasteiger partial charge in [0.15, 0.2) is 0 Å². The highest BCUT2D eigenvalue weighted by atomic mass is 16.2. The molecule has 0 aliphatic carbocycles. The molecule has 4 rings (SSSR count). The Bertz CT molecular complexity index is 1180. The van der Waals surface area contributed by atoms with E-state index >= 15 is 0 Å². The molecule has 144 valence electrons. The third-order valence-electron chi connectivity index (χ3n) is 4.99. The molecule has 3 aromatic carbocycles. The van der Waals surface area contributed by atoms with Gasteiger partial charge in [-0.2, -0.15) is 10.2 Å². The lowest BCUT2D eigenvalue weighted by Gasteiger charge is -2.06. The van der Waals surface area contributed by atoms with Crippen molar-refractivity contribution in [3.05, 3.63) is 89.6 Å². The third kappa shape index (κ3) is 3.94. The standard InChI is InChI=1S/C24H22N4O/c1-3-17-11-13-19(14-12-17)22-15-23(27-26-22)24(29)28-25-16(2)20-10-6-8-18-7-4-5-9-21(18)20/h4-15H,3H2,1-2H3,(H,26,27)(H,28,29)/b25-16+. The SMILES string of the molecule is CCc1ccc(-c2cc(C(=O)N/N=C(\C)c3cccc4ccccc34)[nH]n2)cc1. The molecule has 0 unspecified atom stereocenters. The molecule has 1 aromatic heterocycles. The predicted molar refractivity (Wildman–Crippen MR) is 117 cm³/mol. The van der Waals surface area contributed by atoms with E-state index in [4.69, 9.17) is 0 Å². The summed E-state index contributed by atoms with van der Waals surface area (Å²) in [6, 6.07) is 24.1. The fourth-order valence-electron chi connectivity index (χ4n) is 3.29. The Labute approximate surface area is 169 Å². The summed E-state index contributed by atoms with van der Waals surface area (Å²) in [5, 5.41) is 13.6. The maximum absolute atomic E-state index is 12.5.